The van der Waals surface area contributed by atoms with Crippen LogP contribution in [0, 0.1) is 0 Å². The van der Waals surface area contributed by atoms with E-state index >= 15 is 0 Å². The second-order valence-electron chi connectivity index (χ2n) is 14.9. The first-order valence-corrected chi connectivity index (χ1v) is 23.3. The lowest BCUT2D eigenvalue weighted by atomic mass is 10.1. The molecule has 0 radical (unpaired) electrons. The number of rotatable bonds is 21. The number of ketones is 2. The third-order valence-electron chi connectivity index (χ3n) is 9.82. The van der Waals surface area contributed by atoms with Gasteiger partial charge >= 0.3 is 0 Å². The summed E-state index contributed by atoms with van der Waals surface area (Å²) >= 11 is 31.5. The van der Waals surface area contributed by atoms with Gasteiger partial charge in [0.2, 0.25) is 12.1 Å². The number of ether oxygens (including phenoxy) is 2. The van der Waals surface area contributed by atoms with Crippen LogP contribution in [0.2, 0.25) is 10.0 Å². The van der Waals surface area contributed by atoms with Crippen LogP contribution >= 0.6 is 58.0 Å². The molecule has 0 saturated heterocycles. The minimum absolute atomic E-state index is 0.00363. The average Bonchev–Trinajstić information content (AvgIpc) is 3.30. The molecule has 4 amide bonds. The van der Waals surface area contributed by atoms with Crippen molar-refractivity contribution in [2.45, 2.75) is 63.8 Å². The van der Waals surface area contributed by atoms with Gasteiger partial charge < -0.3 is 30.7 Å². The first-order valence-electron chi connectivity index (χ1n) is 21.0. The number of amides is 4. The van der Waals surface area contributed by atoms with Gasteiger partial charge in [-0.2, -0.15) is 20.5 Å². The fourth-order valence-electron chi connectivity index (χ4n) is 6.31. The van der Waals surface area contributed by atoms with Crippen molar-refractivity contribution in [2.24, 2.45) is 20.5 Å². The first kappa shape index (κ1) is 53.5. The van der Waals surface area contributed by atoms with Crippen LogP contribution in [-0.2, 0) is 30.9 Å². The van der Waals surface area contributed by atoms with Gasteiger partial charge in [0, 0.05) is 57.8 Å². The van der Waals surface area contributed by atoms with Gasteiger partial charge in [-0.05, 0) is 118 Å². The molecule has 3 unspecified atom stereocenters. The molecule has 4 N–H and O–H groups in total. The van der Waals surface area contributed by atoms with Crippen molar-refractivity contribution in [2.75, 3.05) is 34.5 Å². The number of Topliss-reactive ketones (excluding diaryl/α,β-unsaturated/α-hetero) is 2. The summed E-state index contributed by atoms with van der Waals surface area (Å²) in [6, 6.07) is 19.7. The quantitative estimate of drug-likeness (QED) is 0.0314. The molecule has 0 aliphatic rings. The Hall–Kier alpha value is -6.43. The Morgan fingerprint density at radius 3 is 1.42 bits per heavy atom. The Morgan fingerprint density at radius 2 is 1.01 bits per heavy atom. The fourth-order valence-corrected chi connectivity index (χ4v) is 7.27. The van der Waals surface area contributed by atoms with E-state index in [9.17, 15) is 28.8 Å². The fraction of sp³-hybridized carbons (Fsp3) is 0.250. The predicted molar refractivity (Wildman–Crippen MR) is 269 cm³/mol. The molecule has 5 aromatic rings. The summed E-state index contributed by atoms with van der Waals surface area (Å²) in [7, 11) is 0. The minimum Gasteiger partial charge on any atom is -0.494 e. The highest BCUT2D eigenvalue weighted by atomic mass is 35.5. The molecular formula is C48H45Cl5N8O8. The van der Waals surface area contributed by atoms with Crippen LogP contribution in [0.5, 0.6) is 11.5 Å². The van der Waals surface area contributed by atoms with Gasteiger partial charge in [-0.1, -0.05) is 35.3 Å². The van der Waals surface area contributed by atoms with Crippen molar-refractivity contribution in [1.82, 2.24) is 0 Å². The van der Waals surface area contributed by atoms with E-state index in [4.69, 9.17) is 67.5 Å². The van der Waals surface area contributed by atoms with Gasteiger partial charge in [-0.15, -0.1) is 34.8 Å². The highest BCUT2D eigenvalue weighted by Gasteiger charge is 2.27. The second-order valence-corrected chi connectivity index (χ2v) is 16.9. The lowest BCUT2D eigenvalue weighted by Gasteiger charge is -2.17. The number of benzene rings is 5. The van der Waals surface area contributed by atoms with Crippen molar-refractivity contribution < 1.29 is 38.2 Å². The molecule has 0 aliphatic heterocycles. The van der Waals surface area contributed by atoms with Gasteiger partial charge in [0.15, 0.2) is 11.6 Å². The minimum atomic E-state index is -1.66. The first-order chi connectivity index (χ1) is 33.0. The van der Waals surface area contributed by atoms with Crippen LogP contribution in [0.3, 0.4) is 0 Å². The molecular weight excluding hydrogens is 994 g/mol. The van der Waals surface area contributed by atoms with Gasteiger partial charge in [0.25, 0.3) is 23.6 Å². The summed E-state index contributed by atoms with van der Waals surface area (Å²) in [5, 5.41) is 26.4. The Bertz CT molecular complexity index is 2820. The van der Waals surface area contributed by atoms with E-state index in [2.05, 4.69) is 41.7 Å². The highest BCUT2D eigenvalue weighted by molar-refractivity contribution is 6.33. The molecule has 5 rings (SSSR count). The van der Waals surface area contributed by atoms with Crippen LogP contribution in [0.25, 0.3) is 0 Å². The number of azo groups is 2. The van der Waals surface area contributed by atoms with Crippen LogP contribution in [0.4, 0.5) is 34.1 Å². The maximum absolute atomic E-state index is 13.6. The van der Waals surface area contributed by atoms with Gasteiger partial charge in [-0.25, -0.2) is 0 Å². The zero-order valence-electron chi connectivity index (χ0n) is 37.7. The molecule has 0 fully saturated rings. The number of halogens is 5. The largest absolute Gasteiger partial charge is 0.494 e. The number of hydrogen-bond acceptors (Lipinski definition) is 12. The van der Waals surface area contributed by atoms with Gasteiger partial charge in [-0.3, -0.25) is 28.8 Å². The highest BCUT2D eigenvalue weighted by Crippen LogP contribution is 2.33. The normalized spacial score (nSPS) is 12.5. The Morgan fingerprint density at radius 1 is 0.565 bits per heavy atom. The summed E-state index contributed by atoms with van der Waals surface area (Å²) in [5.74, 6) is -2.79. The number of nitrogens with one attached hydrogen (secondary N) is 4. The van der Waals surface area contributed by atoms with Crippen molar-refractivity contribution in [3.8, 4) is 11.5 Å². The van der Waals surface area contributed by atoms with E-state index < -0.39 is 52.7 Å². The molecule has 0 heterocycles. The molecule has 3 atom stereocenters. The molecule has 0 bridgehead atoms. The molecule has 360 valence electrons. The van der Waals surface area contributed by atoms with E-state index in [-0.39, 0.29) is 55.7 Å². The van der Waals surface area contributed by atoms with E-state index in [1.807, 2.05) is 13.8 Å². The standard InChI is InChI=1S/C48H45Cl5N8O8/c1-6-68-33-13-8-30(23-49)39(21-33)56-45(64)28-10-15-36(52)41(18-28)58-60-43(26(4)62)47(66)54-32-12-17-38(35(20-32)25(3)51)55-48(67)44(27(5)63)61-59-42-19-29(11-16-37(42)53)46(65)57-40-22-34(69-7-2)14-9-31(40)24-50/h8-22,25,43-44H,6-7,23-24H2,1-5H3,(H,54,66)(H,55,67)(H,56,64)(H,57,65). The summed E-state index contributed by atoms with van der Waals surface area (Å²) in [4.78, 5) is 79.1. The summed E-state index contributed by atoms with van der Waals surface area (Å²) in [6.45, 7) is 8.41. The second kappa shape index (κ2) is 25.3. The number of carbonyl (C=O) groups excluding carboxylic acids is 6. The number of carbonyl (C=O) groups is 6. The van der Waals surface area contributed by atoms with Crippen molar-refractivity contribution >= 4 is 127 Å². The van der Waals surface area contributed by atoms with Crippen LogP contribution < -0.4 is 30.7 Å². The Kier molecular flexibility index (Phi) is 19.6. The summed E-state index contributed by atoms with van der Waals surface area (Å²) < 4.78 is 11.1. The third-order valence-corrected chi connectivity index (χ3v) is 11.3. The predicted octanol–water partition coefficient (Wildman–Crippen LogP) is 12.4. The average molecular weight is 1040 g/mol. The van der Waals surface area contributed by atoms with E-state index in [1.54, 1.807) is 43.3 Å². The molecule has 21 heteroatoms. The van der Waals surface area contributed by atoms with Gasteiger partial charge in [0.1, 0.15) is 22.9 Å². The van der Waals surface area contributed by atoms with E-state index in [1.165, 1.54) is 54.6 Å². The molecule has 0 aromatic heterocycles. The van der Waals surface area contributed by atoms with Crippen molar-refractivity contribution in [1.29, 1.82) is 0 Å². The summed E-state index contributed by atoms with van der Waals surface area (Å²) in [5.41, 5.74) is 3.15. The van der Waals surface area contributed by atoms with Crippen LogP contribution in [0.1, 0.15) is 77.4 Å². The smallest absolute Gasteiger partial charge is 0.258 e. The Balaban J connectivity index is 1.29. The number of nitrogens with zero attached hydrogens (tertiary/aromatic N) is 4. The van der Waals surface area contributed by atoms with E-state index in [0.717, 1.165) is 13.8 Å². The zero-order chi connectivity index (χ0) is 50.4. The van der Waals surface area contributed by atoms with Gasteiger partial charge in [0.05, 0.1) is 28.6 Å². The van der Waals surface area contributed by atoms with Crippen molar-refractivity contribution in [3.05, 3.63) is 129 Å². The molecule has 0 spiro atoms. The van der Waals surface area contributed by atoms with E-state index in [0.29, 0.717) is 52.8 Å². The van der Waals surface area contributed by atoms with Crippen LogP contribution in [0.15, 0.2) is 111 Å². The molecule has 16 nitrogen and oxygen atoms in total. The molecule has 0 saturated carbocycles. The van der Waals surface area contributed by atoms with Crippen molar-refractivity contribution in [3.63, 3.8) is 0 Å². The zero-order valence-corrected chi connectivity index (χ0v) is 41.4. The maximum atomic E-state index is 13.6. The number of anilines is 4. The topological polar surface area (TPSA) is 218 Å². The maximum Gasteiger partial charge on any atom is 0.258 e. The SMILES string of the molecule is CCOc1ccc(CCl)c(NC(=O)c2ccc(Cl)c(N=NC(C(C)=O)C(=O)Nc3ccc(NC(=O)C(N=Nc4cc(C(=O)Nc5cc(OCC)ccc5CCl)ccc4Cl)C(C)=O)c(C(C)Cl)c3)c2)c1. The van der Waals surface area contributed by atoms with Crippen LogP contribution in [-0.4, -0.2) is 60.5 Å². The number of alkyl halides is 3. The monoisotopic (exact) mass is 1040 g/mol. The lowest BCUT2D eigenvalue weighted by Crippen LogP contribution is -2.32. The lowest BCUT2D eigenvalue weighted by molar-refractivity contribution is -0.127. The molecule has 69 heavy (non-hydrogen) atoms. The third kappa shape index (κ3) is 14.5. The molecule has 5 aromatic carbocycles. The number of hydrogen-bond donors (Lipinski definition) is 4. The Labute approximate surface area is 422 Å². The summed E-state index contributed by atoms with van der Waals surface area (Å²) in [6.07, 6.45) is 0. The molecule has 0 aliphatic carbocycles.